The quantitative estimate of drug-likeness (QED) is 0.859. The molecule has 2 heterocycles. The lowest BCUT2D eigenvalue weighted by atomic mass is 10.1. The fourth-order valence-corrected chi connectivity index (χ4v) is 3.70. The van der Waals surface area contributed by atoms with Crippen molar-refractivity contribution in [3.63, 3.8) is 0 Å². The van der Waals surface area contributed by atoms with Crippen LogP contribution in [0.15, 0.2) is 40.5 Å². The molecule has 8 heteroatoms. The second-order valence-corrected chi connectivity index (χ2v) is 7.17. The molecule has 0 unspecified atom stereocenters. The van der Waals surface area contributed by atoms with Crippen LogP contribution in [-0.4, -0.2) is 40.5 Å². The summed E-state index contributed by atoms with van der Waals surface area (Å²) in [6.45, 7) is 3.03. The molecular weight excluding hydrogens is 352 g/mol. The van der Waals surface area contributed by atoms with Gasteiger partial charge in [-0.3, -0.25) is 14.2 Å². The SMILES string of the molecule is Cc1csc(=O)n1CC(=O)NC1CCN(C(=O)Nc2ccccc2)CC1. The molecule has 0 saturated carbocycles. The molecule has 1 aliphatic rings. The van der Waals surface area contributed by atoms with Crippen LogP contribution in [0.5, 0.6) is 0 Å². The first-order valence-corrected chi connectivity index (χ1v) is 9.46. The number of likely N-dealkylation sites (tertiary alicyclic amines) is 1. The Kier molecular flexibility index (Phi) is 5.72. The zero-order valence-corrected chi connectivity index (χ0v) is 15.4. The minimum absolute atomic E-state index is 0.0259. The van der Waals surface area contributed by atoms with Crippen LogP contribution < -0.4 is 15.5 Å². The minimum Gasteiger partial charge on any atom is -0.352 e. The van der Waals surface area contributed by atoms with Crippen LogP contribution in [0.3, 0.4) is 0 Å². The van der Waals surface area contributed by atoms with Crippen LogP contribution in [0.2, 0.25) is 0 Å². The number of nitrogens with zero attached hydrogens (tertiary/aromatic N) is 2. The van der Waals surface area contributed by atoms with Crippen molar-refractivity contribution in [2.45, 2.75) is 32.4 Å². The summed E-state index contributed by atoms with van der Waals surface area (Å²) in [6.07, 6.45) is 1.40. The maximum atomic E-state index is 12.3. The third kappa shape index (κ3) is 4.51. The summed E-state index contributed by atoms with van der Waals surface area (Å²) in [7, 11) is 0. The topological polar surface area (TPSA) is 83.4 Å². The largest absolute Gasteiger partial charge is 0.352 e. The van der Waals surface area contributed by atoms with Crippen LogP contribution in [0.1, 0.15) is 18.5 Å². The molecule has 1 saturated heterocycles. The molecule has 0 aliphatic carbocycles. The van der Waals surface area contributed by atoms with Crippen molar-refractivity contribution in [1.29, 1.82) is 0 Å². The summed E-state index contributed by atoms with van der Waals surface area (Å²) in [5.41, 5.74) is 1.56. The van der Waals surface area contributed by atoms with Gasteiger partial charge in [0.25, 0.3) is 0 Å². The van der Waals surface area contributed by atoms with E-state index in [9.17, 15) is 14.4 Å². The van der Waals surface area contributed by atoms with Crippen LogP contribution in [-0.2, 0) is 11.3 Å². The second kappa shape index (κ2) is 8.18. The van der Waals surface area contributed by atoms with Gasteiger partial charge in [0.05, 0.1) is 0 Å². The monoisotopic (exact) mass is 374 g/mol. The number of urea groups is 1. The molecule has 7 nitrogen and oxygen atoms in total. The van der Waals surface area contributed by atoms with Gasteiger partial charge in [0.1, 0.15) is 6.54 Å². The smallest absolute Gasteiger partial charge is 0.321 e. The minimum atomic E-state index is -0.166. The number of aromatic nitrogens is 1. The number of carbonyl (C=O) groups excluding carboxylic acids is 2. The molecule has 0 radical (unpaired) electrons. The molecule has 1 aliphatic heterocycles. The van der Waals surface area contributed by atoms with E-state index in [1.807, 2.05) is 37.3 Å². The summed E-state index contributed by atoms with van der Waals surface area (Å²) in [6, 6.07) is 9.24. The molecule has 3 rings (SSSR count). The van der Waals surface area contributed by atoms with Gasteiger partial charge in [0, 0.05) is 35.9 Å². The van der Waals surface area contributed by atoms with E-state index in [4.69, 9.17) is 0 Å². The van der Waals surface area contributed by atoms with E-state index in [1.54, 1.807) is 10.3 Å². The van der Waals surface area contributed by atoms with Crippen LogP contribution in [0.4, 0.5) is 10.5 Å². The Morgan fingerprint density at radius 3 is 2.50 bits per heavy atom. The maximum Gasteiger partial charge on any atom is 0.321 e. The summed E-state index contributed by atoms with van der Waals surface area (Å²) in [5, 5.41) is 7.59. The number of piperidine rings is 1. The van der Waals surface area contributed by atoms with E-state index in [0.717, 1.165) is 22.7 Å². The Hall–Kier alpha value is -2.61. The predicted octanol–water partition coefficient (Wildman–Crippen LogP) is 2.03. The summed E-state index contributed by atoms with van der Waals surface area (Å²) in [4.78, 5) is 37.8. The Morgan fingerprint density at radius 2 is 1.88 bits per heavy atom. The number of aryl methyl sites for hydroxylation is 1. The van der Waals surface area contributed by atoms with Crippen molar-refractivity contribution in [3.8, 4) is 0 Å². The van der Waals surface area contributed by atoms with Crippen molar-refractivity contribution in [2.75, 3.05) is 18.4 Å². The number of thiazole rings is 1. The molecule has 26 heavy (non-hydrogen) atoms. The van der Waals surface area contributed by atoms with Gasteiger partial charge in [-0.15, -0.1) is 0 Å². The molecule has 0 atom stereocenters. The predicted molar refractivity (Wildman–Crippen MR) is 102 cm³/mol. The molecule has 0 bridgehead atoms. The van der Waals surface area contributed by atoms with Crippen molar-refractivity contribution >= 4 is 29.0 Å². The van der Waals surface area contributed by atoms with Gasteiger partial charge in [-0.2, -0.15) is 0 Å². The lowest BCUT2D eigenvalue weighted by Gasteiger charge is -2.32. The Bertz CT molecular complexity index is 822. The van der Waals surface area contributed by atoms with E-state index in [2.05, 4.69) is 10.6 Å². The molecule has 0 spiro atoms. The molecule has 1 aromatic heterocycles. The van der Waals surface area contributed by atoms with Crippen molar-refractivity contribution < 1.29 is 9.59 Å². The fourth-order valence-electron chi connectivity index (χ4n) is 2.96. The van der Waals surface area contributed by atoms with Crippen molar-refractivity contribution in [1.82, 2.24) is 14.8 Å². The van der Waals surface area contributed by atoms with Gasteiger partial charge in [-0.1, -0.05) is 29.5 Å². The Labute approximate surface area is 155 Å². The molecule has 3 amide bonds. The first kappa shape index (κ1) is 18.2. The summed E-state index contributed by atoms with van der Waals surface area (Å²) in [5.74, 6) is -0.166. The molecule has 1 aromatic carbocycles. The van der Waals surface area contributed by atoms with E-state index in [0.29, 0.717) is 25.9 Å². The number of anilines is 1. The van der Waals surface area contributed by atoms with Gasteiger partial charge >= 0.3 is 10.9 Å². The number of rotatable bonds is 4. The Morgan fingerprint density at radius 1 is 1.19 bits per heavy atom. The highest BCUT2D eigenvalue weighted by molar-refractivity contribution is 7.07. The molecule has 2 N–H and O–H groups in total. The third-order valence-corrected chi connectivity index (χ3v) is 5.33. The lowest BCUT2D eigenvalue weighted by Crippen LogP contribution is -2.48. The van der Waals surface area contributed by atoms with Gasteiger partial charge in [0.2, 0.25) is 5.91 Å². The molecular formula is C18H22N4O3S. The van der Waals surface area contributed by atoms with Crippen LogP contribution >= 0.6 is 11.3 Å². The van der Waals surface area contributed by atoms with E-state index >= 15 is 0 Å². The molecule has 2 aromatic rings. The maximum absolute atomic E-state index is 12.3. The van der Waals surface area contributed by atoms with Gasteiger partial charge in [-0.25, -0.2) is 4.79 Å². The van der Waals surface area contributed by atoms with Crippen molar-refractivity contribution in [3.05, 3.63) is 51.1 Å². The van der Waals surface area contributed by atoms with Crippen molar-refractivity contribution in [2.24, 2.45) is 0 Å². The number of amides is 3. The van der Waals surface area contributed by atoms with E-state index in [-0.39, 0.29) is 29.4 Å². The van der Waals surface area contributed by atoms with Gasteiger partial charge in [0.15, 0.2) is 0 Å². The number of nitrogens with one attached hydrogen (secondary N) is 2. The number of hydrogen-bond donors (Lipinski definition) is 2. The van der Waals surface area contributed by atoms with E-state index < -0.39 is 0 Å². The Balaban J connectivity index is 1.45. The first-order chi connectivity index (χ1) is 12.5. The molecule has 1 fully saturated rings. The van der Waals surface area contributed by atoms with Gasteiger partial charge in [-0.05, 0) is 31.9 Å². The molecule has 138 valence electrons. The highest BCUT2D eigenvalue weighted by Gasteiger charge is 2.24. The fraction of sp³-hybridized carbons (Fsp3) is 0.389. The highest BCUT2D eigenvalue weighted by atomic mass is 32.1. The number of benzene rings is 1. The van der Waals surface area contributed by atoms with Gasteiger partial charge < -0.3 is 15.5 Å². The average Bonchev–Trinajstić information content (AvgIpc) is 2.95. The lowest BCUT2D eigenvalue weighted by molar-refractivity contribution is -0.122. The third-order valence-electron chi connectivity index (χ3n) is 4.45. The average molecular weight is 374 g/mol. The first-order valence-electron chi connectivity index (χ1n) is 8.58. The zero-order valence-electron chi connectivity index (χ0n) is 14.6. The summed E-state index contributed by atoms with van der Waals surface area (Å²) < 4.78 is 1.47. The number of para-hydroxylation sites is 1. The highest BCUT2D eigenvalue weighted by Crippen LogP contribution is 2.13. The standard InChI is InChI=1S/C18H22N4O3S/c1-13-12-26-18(25)22(13)11-16(23)19-15-7-9-21(10-8-15)17(24)20-14-5-3-2-4-6-14/h2-6,12,15H,7-11H2,1H3,(H,19,23)(H,20,24). The number of hydrogen-bond acceptors (Lipinski definition) is 4. The van der Waals surface area contributed by atoms with Crippen LogP contribution in [0, 0.1) is 6.92 Å². The second-order valence-electron chi connectivity index (χ2n) is 6.35. The normalized spacial score (nSPS) is 14.9. The van der Waals surface area contributed by atoms with Crippen LogP contribution in [0.25, 0.3) is 0 Å². The summed E-state index contributed by atoms with van der Waals surface area (Å²) >= 11 is 1.10. The zero-order chi connectivity index (χ0) is 18.5. The van der Waals surface area contributed by atoms with E-state index in [1.165, 1.54) is 4.57 Å². The number of carbonyl (C=O) groups is 2.